The smallest absolute Gasteiger partial charge is 0.326 e. The molecule has 0 aliphatic carbocycles. The number of aryl methyl sites for hydroxylation is 4. The summed E-state index contributed by atoms with van der Waals surface area (Å²) in [5, 5.41) is 7.46. The Balaban J connectivity index is 1.98. The van der Waals surface area contributed by atoms with E-state index < -0.39 is 0 Å². The lowest BCUT2D eigenvalue weighted by Crippen LogP contribution is -2.12. The number of nitrogens with one attached hydrogen (secondary N) is 2. The van der Waals surface area contributed by atoms with E-state index in [0.29, 0.717) is 0 Å². The number of anilines is 2. The number of fused-ring (bicyclic) bond motifs is 1. The van der Waals surface area contributed by atoms with Gasteiger partial charge < -0.3 is 14.8 Å². The lowest BCUT2D eigenvalue weighted by atomic mass is 10.0. The number of H-pyrrole nitrogens is 1. The minimum Gasteiger partial charge on any atom is -0.361 e. The first-order valence-electron chi connectivity index (χ1n) is 8.30. The Kier molecular flexibility index (Phi) is 3.64. The van der Waals surface area contributed by atoms with Crippen LogP contribution in [-0.4, -0.2) is 19.7 Å². The maximum absolute atomic E-state index is 12.2. The molecule has 2 N–H and O–H groups in total. The predicted molar refractivity (Wildman–Crippen MR) is 101 cm³/mol. The second kappa shape index (κ2) is 5.87. The third kappa shape index (κ3) is 2.48. The molecule has 0 spiro atoms. The quantitative estimate of drug-likeness (QED) is 0.590. The van der Waals surface area contributed by atoms with Gasteiger partial charge in [0.05, 0.1) is 33.8 Å². The fourth-order valence-corrected chi connectivity index (χ4v) is 3.29. The van der Waals surface area contributed by atoms with E-state index in [0.717, 1.165) is 50.7 Å². The van der Waals surface area contributed by atoms with E-state index >= 15 is 0 Å². The van der Waals surface area contributed by atoms with E-state index in [-0.39, 0.29) is 5.69 Å². The zero-order valence-electron chi connectivity index (χ0n) is 15.0. The molecular formula is C19H19N5O2. The molecule has 7 heteroatoms. The molecule has 0 fully saturated rings. The van der Waals surface area contributed by atoms with E-state index in [1.54, 1.807) is 17.8 Å². The Hall–Kier alpha value is -3.35. The van der Waals surface area contributed by atoms with Gasteiger partial charge in [-0.05, 0) is 50.6 Å². The van der Waals surface area contributed by atoms with Gasteiger partial charge in [0.1, 0.15) is 5.76 Å². The fraction of sp³-hybridized carbons (Fsp3) is 0.211. The molecule has 0 amide bonds. The molecule has 0 radical (unpaired) electrons. The molecule has 4 aromatic rings. The number of imidazole rings is 1. The number of nitrogens with zero attached hydrogens (tertiary/aromatic N) is 3. The Bertz CT molecular complexity index is 1160. The maximum Gasteiger partial charge on any atom is 0.326 e. The standard InChI is InChI=1S/C19H19N5O2/c1-10-14(6-5-7-20-10)21-15-8-13(17-11(2)23-26-12(17)3)9-16-18(15)24(4)19(25)22-16/h5-9,21H,1-4H3,(H,22,25). The molecule has 0 aliphatic rings. The molecular weight excluding hydrogens is 330 g/mol. The van der Waals surface area contributed by atoms with Gasteiger partial charge in [0.25, 0.3) is 0 Å². The molecule has 0 aliphatic heterocycles. The van der Waals surface area contributed by atoms with Crippen LogP contribution in [0.1, 0.15) is 17.1 Å². The van der Waals surface area contributed by atoms with Crippen LogP contribution in [0.5, 0.6) is 0 Å². The molecule has 7 nitrogen and oxygen atoms in total. The van der Waals surface area contributed by atoms with Crippen LogP contribution in [0, 0.1) is 20.8 Å². The second-order valence-electron chi connectivity index (χ2n) is 6.37. The molecule has 132 valence electrons. The summed E-state index contributed by atoms with van der Waals surface area (Å²) < 4.78 is 6.91. The minimum absolute atomic E-state index is 0.165. The average molecular weight is 349 g/mol. The summed E-state index contributed by atoms with van der Waals surface area (Å²) >= 11 is 0. The van der Waals surface area contributed by atoms with Gasteiger partial charge in [0.2, 0.25) is 0 Å². The maximum atomic E-state index is 12.2. The highest BCUT2D eigenvalue weighted by Gasteiger charge is 2.17. The number of hydrogen-bond acceptors (Lipinski definition) is 5. The van der Waals surface area contributed by atoms with E-state index in [2.05, 4.69) is 20.4 Å². The van der Waals surface area contributed by atoms with Crippen LogP contribution in [0.2, 0.25) is 0 Å². The van der Waals surface area contributed by atoms with Crippen LogP contribution in [0.3, 0.4) is 0 Å². The van der Waals surface area contributed by atoms with Crippen LogP contribution in [0.15, 0.2) is 39.8 Å². The van der Waals surface area contributed by atoms with E-state index in [4.69, 9.17) is 4.52 Å². The molecule has 0 saturated carbocycles. The molecule has 0 saturated heterocycles. The van der Waals surface area contributed by atoms with Gasteiger partial charge in [0, 0.05) is 18.8 Å². The first kappa shape index (κ1) is 16.1. The molecule has 0 unspecified atom stereocenters. The van der Waals surface area contributed by atoms with E-state index in [9.17, 15) is 4.79 Å². The first-order chi connectivity index (χ1) is 12.5. The van der Waals surface area contributed by atoms with Crippen LogP contribution < -0.4 is 11.0 Å². The Morgan fingerprint density at radius 3 is 2.65 bits per heavy atom. The van der Waals surface area contributed by atoms with Gasteiger partial charge >= 0.3 is 5.69 Å². The highest BCUT2D eigenvalue weighted by atomic mass is 16.5. The molecule has 0 atom stereocenters. The Labute approximate surface area is 149 Å². The summed E-state index contributed by atoms with van der Waals surface area (Å²) in [6.45, 7) is 5.72. The van der Waals surface area contributed by atoms with Crippen molar-refractivity contribution in [2.45, 2.75) is 20.8 Å². The normalized spacial score (nSPS) is 11.2. The van der Waals surface area contributed by atoms with Gasteiger partial charge in [-0.2, -0.15) is 0 Å². The van der Waals surface area contributed by atoms with Crippen molar-refractivity contribution >= 4 is 22.4 Å². The summed E-state index contributed by atoms with van der Waals surface area (Å²) in [5.41, 5.74) is 6.64. The van der Waals surface area contributed by atoms with Crippen molar-refractivity contribution in [1.29, 1.82) is 0 Å². The Morgan fingerprint density at radius 1 is 1.15 bits per heavy atom. The van der Waals surface area contributed by atoms with Gasteiger partial charge in [-0.15, -0.1) is 0 Å². The van der Waals surface area contributed by atoms with Crippen LogP contribution in [0.25, 0.3) is 22.2 Å². The number of pyridine rings is 1. The van der Waals surface area contributed by atoms with Crippen LogP contribution in [-0.2, 0) is 7.05 Å². The molecule has 26 heavy (non-hydrogen) atoms. The zero-order valence-corrected chi connectivity index (χ0v) is 15.0. The fourth-order valence-electron chi connectivity index (χ4n) is 3.29. The molecule has 0 bridgehead atoms. The molecule has 4 rings (SSSR count). The summed E-state index contributed by atoms with van der Waals surface area (Å²) in [4.78, 5) is 19.4. The van der Waals surface area contributed by atoms with Crippen LogP contribution in [0.4, 0.5) is 11.4 Å². The minimum atomic E-state index is -0.165. The summed E-state index contributed by atoms with van der Waals surface area (Å²) in [6, 6.07) is 7.79. The van der Waals surface area contributed by atoms with Gasteiger partial charge in [-0.1, -0.05) is 5.16 Å². The van der Waals surface area contributed by atoms with Crippen molar-refractivity contribution < 1.29 is 4.52 Å². The van der Waals surface area contributed by atoms with Crippen molar-refractivity contribution in [3.8, 4) is 11.1 Å². The van der Waals surface area contributed by atoms with Crippen molar-refractivity contribution in [3.05, 3.63) is 58.1 Å². The average Bonchev–Trinajstić information content (AvgIpc) is 3.09. The summed E-state index contributed by atoms with van der Waals surface area (Å²) in [7, 11) is 1.75. The van der Waals surface area contributed by atoms with Crippen molar-refractivity contribution in [2.75, 3.05) is 5.32 Å². The zero-order chi connectivity index (χ0) is 18.4. The first-order valence-corrected chi connectivity index (χ1v) is 8.30. The number of aromatic nitrogens is 4. The predicted octanol–water partition coefficient (Wildman–Crippen LogP) is 3.59. The highest BCUT2D eigenvalue weighted by molar-refractivity contribution is 5.95. The van der Waals surface area contributed by atoms with Crippen LogP contribution >= 0.6 is 0 Å². The lowest BCUT2D eigenvalue weighted by molar-refractivity contribution is 0.393. The third-order valence-corrected chi connectivity index (χ3v) is 4.59. The molecule has 3 heterocycles. The number of hydrogen-bond donors (Lipinski definition) is 2. The topological polar surface area (TPSA) is 88.7 Å². The lowest BCUT2D eigenvalue weighted by Gasteiger charge is -2.13. The summed E-state index contributed by atoms with van der Waals surface area (Å²) in [5.74, 6) is 0.739. The van der Waals surface area contributed by atoms with Gasteiger partial charge in [-0.25, -0.2) is 4.79 Å². The largest absolute Gasteiger partial charge is 0.361 e. The van der Waals surface area contributed by atoms with Crippen molar-refractivity contribution in [2.24, 2.45) is 7.05 Å². The van der Waals surface area contributed by atoms with Crippen molar-refractivity contribution in [3.63, 3.8) is 0 Å². The number of rotatable bonds is 3. The SMILES string of the molecule is Cc1ncccc1Nc1cc(-c2c(C)noc2C)cc2[nH]c(=O)n(C)c12. The number of benzene rings is 1. The van der Waals surface area contributed by atoms with Gasteiger partial charge in [0.15, 0.2) is 0 Å². The third-order valence-electron chi connectivity index (χ3n) is 4.59. The van der Waals surface area contributed by atoms with Crippen molar-refractivity contribution in [1.82, 2.24) is 19.7 Å². The highest BCUT2D eigenvalue weighted by Crippen LogP contribution is 2.34. The monoisotopic (exact) mass is 349 g/mol. The van der Waals surface area contributed by atoms with E-state index in [1.807, 2.05) is 45.0 Å². The molecule has 3 aromatic heterocycles. The van der Waals surface area contributed by atoms with E-state index in [1.165, 1.54) is 0 Å². The number of aromatic amines is 1. The second-order valence-corrected chi connectivity index (χ2v) is 6.37. The molecule has 1 aromatic carbocycles. The Morgan fingerprint density at radius 2 is 1.96 bits per heavy atom. The van der Waals surface area contributed by atoms with Gasteiger partial charge in [-0.3, -0.25) is 9.55 Å². The summed E-state index contributed by atoms with van der Waals surface area (Å²) in [6.07, 6.45) is 1.75.